The molecule has 0 bridgehead atoms. The van der Waals surface area contributed by atoms with Crippen molar-refractivity contribution in [1.82, 2.24) is 9.36 Å². The van der Waals surface area contributed by atoms with E-state index in [9.17, 15) is 17.6 Å². The Labute approximate surface area is 104 Å². The van der Waals surface area contributed by atoms with Crippen LogP contribution < -0.4 is 5.32 Å². The number of anilines is 1. The van der Waals surface area contributed by atoms with E-state index in [1.165, 1.54) is 0 Å². The average molecular weight is 277 g/mol. The average Bonchev–Trinajstić information content (AvgIpc) is 2.76. The molecule has 2 rings (SSSR count). The van der Waals surface area contributed by atoms with E-state index in [0.717, 1.165) is 23.7 Å². The minimum Gasteiger partial charge on any atom is -0.363 e. The van der Waals surface area contributed by atoms with Crippen LogP contribution in [0.25, 0.3) is 11.4 Å². The molecule has 0 saturated carbocycles. The molecule has 96 valence electrons. The van der Waals surface area contributed by atoms with Crippen molar-refractivity contribution >= 4 is 16.7 Å². The first-order chi connectivity index (χ1) is 8.41. The molecule has 0 amide bonds. The Balaban J connectivity index is 2.56. The van der Waals surface area contributed by atoms with Gasteiger partial charge < -0.3 is 5.32 Å². The van der Waals surface area contributed by atoms with E-state index < -0.39 is 17.6 Å². The highest BCUT2D eigenvalue weighted by atomic mass is 32.1. The number of alkyl halides is 3. The van der Waals surface area contributed by atoms with Gasteiger partial charge in [0.25, 0.3) is 0 Å². The molecular formula is C10H7F4N3S. The fourth-order valence-corrected chi connectivity index (χ4v) is 1.91. The summed E-state index contributed by atoms with van der Waals surface area (Å²) < 4.78 is 55.0. The lowest BCUT2D eigenvalue weighted by Crippen LogP contribution is -2.08. The lowest BCUT2D eigenvalue weighted by Gasteiger charge is -2.10. The highest BCUT2D eigenvalue weighted by molar-refractivity contribution is 7.09. The Bertz CT molecular complexity index is 564. The van der Waals surface area contributed by atoms with Gasteiger partial charge in [0.05, 0.1) is 5.56 Å². The van der Waals surface area contributed by atoms with Gasteiger partial charge in [0.1, 0.15) is 5.82 Å². The fourth-order valence-electron chi connectivity index (χ4n) is 1.38. The molecule has 0 radical (unpaired) electrons. The van der Waals surface area contributed by atoms with Crippen LogP contribution in [-0.2, 0) is 6.18 Å². The standard InChI is InChI=1S/C10H7F4N3S/c1-15-9-16-8(17-18-9)6-3-2-5(11)4-7(6)10(12,13)14/h2-4H,1H3,(H,15,16,17). The number of nitrogens with zero attached hydrogens (tertiary/aromatic N) is 2. The molecule has 18 heavy (non-hydrogen) atoms. The maximum Gasteiger partial charge on any atom is 0.417 e. The minimum absolute atomic E-state index is 0.0725. The van der Waals surface area contributed by atoms with E-state index in [1.807, 2.05) is 0 Å². The lowest BCUT2D eigenvalue weighted by atomic mass is 10.1. The van der Waals surface area contributed by atoms with Crippen molar-refractivity contribution < 1.29 is 17.6 Å². The molecule has 0 aliphatic heterocycles. The molecule has 1 N–H and O–H groups in total. The second-order valence-electron chi connectivity index (χ2n) is 3.36. The van der Waals surface area contributed by atoms with Crippen LogP contribution >= 0.6 is 11.5 Å². The zero-order valence-corrected chi connectivity index (χ0v) is 9.86. The quantitative estimate of drug-likeness (QED) is 0.855. The predicted molar refractivity (Wildman–Crippen MR) is 59.9 cm³/mol. The van der Waals surface area contributed by atoms with Gasteiger partial charge in [-0.15, -0.1) is 0 Å². The molecule has 1 aromatic heterocycles. The van der Waals surface area contributed by atoms with Crippen molar-refractivity contribution in [3.8, 4) is 11.4 Å². The molecule has 1 heterocycles. The lowest BCUT2D eigenvalue weighted by molar-refractivity contribution is -0.137. The van der Waals surface area contributed by atoms with Gasteiger partial charge in [0, 0.05) is 24.1 Å². The van der Waals surface area contributed by atoms with Crippen LogP contribution in [0.15, 0.2) is 18.2 Å². The number of hydrogen-bond acceptors (Lipinski definition) is 4. The zero-order chi connectivity index (χ0) is 13.3. The highest BCUT2D eigenvalue weighted by Gasteiger charge is 2.35. The smallest absolute Gasteiger partial charge is 0.363 e. The third-order valence-electron chi connectivity index (χ3n) is 2.17. The molecule has 0 aliphatic rings. The van der Waals surface area contributed by atoms with E-state index in [1.54, 1.807) is 7.05 Å². The molecule has 1 aromatic carbocycles. The van der Waals surface area contributed by atoms with Gasteiger partial charge >= 0.3 is 6.18 Å². The second-order valence-corrected chi connectivity index (χ2v) is 4.11. The fraction of sp³-hybridized carbons (Fsp3) is 0.200. The van der Waals surface area contributed by atoms with Crippen LogP contribution in [-0.4, -0.2) is 16.4 Å². The van der Waals surface area contributed by atoms with Crippen molar-refractivity contribution in [3.05, 3.63) is 29.6 Å². The van der Waals surface area contributed by atoms with Crippen LogP contribution in [0.3, 0.4) is 0 Å². The highest BCUT2D eigenvalue weighted by Crippen LogP contribution is 2.37. The van der Waals surface area contributed by atoms with E-state index in [0.29, 0.717) is 11.2 Å². The number of halogens is 4. The summed E-state index contributed by atoms with van der Waals surface area (Å²) >= 11 is 0.935. The van der Waals surface area contributed by atoms with Crippen LogP contribution in [0.4, 0.5) is 22.7 Å². The van der Waals surface area contributed by atoms with Gasteiger partial charge in [-0.1, -0.05) is 0 Å². The molecular weight excluding hydrogens is 270 g/mol. The van der Waals surface area contributed by atoms with Gasteiger partial charge in [-0.25, -0.2) is 4.39 Å². The molecule has 8 heteroatoms. The normalized spacial score (nSPS) is 11.6. The zero-order valence-electron chi connectivity index (χ0n) is 9.05. The number of nitrogens with one attached hydrogen (secondary N) is 1. The summed E-state index contributed by atoms with van der Waals surface area (Å²) in [6.45, 7) is 0. The Morgan fingerprint density at radius 1 is 1.28 bits per heavy atom. The molecule has 0 unspecified atom stereocenters. The Morgan fingerprint density at radius 2 is 2.00 bits per heavy atom. The number of hydrogen-bond donors (Lipinski definition) is 1. The van der Waals surface area contributed by atoms with Gasteiger partial charge in [0.15, 0.2) is 5.82 Å². The van der Waals surface area contributed by atoms with E-state index >= 15 is 0 Å². The summed E-state index contributed by atoms with van der Waals surface area (Å²) in [5.74, 6) is -1.02. The predicted octanol–water partition coefficient (Wildman–Crippen LogP) is 3.40. The Hall–Kier alpha value is -1.70. The maximum absolute atomic E-state index is 12.9. The van der Waals surface area contributed by atoms with Gasteiger partial charge in [0.2, 0.25) is 5.13 Å². The van der Waals surface area contributed by atoms with Gasteiger partial charge in [-0.05, 0) is 18.2 Å². The van der Waals surface area contributed by atoms with E-state index in [-0.39, 0.29) is 11.4 Å². The topological polar surface area (TPSA) is 37.8 Å². The van der Waals surface area contributed by atoms with Crippen molar-refractivity contribution in [2.45, 2.75) is 6.18 Å². The van der Waals surface area contributed by atoms with Crippen LogP contribution in [0.2, 0.25) is 0 Å². The van der Waals surface area contributed by atoms with Crippen LogP contribution in [0.5, 0.6) is 0 Å². The van der Waals surface area contributed by atoms with E-state index in [4.69, 9.17) is 0 Å². The number of rotatable bonds is 2. The van der Waals surface area contributed by atoms with Crippen LogP contribution in [0.1, 0.15) is 5.56 Å². The first-order valence-electron chi connectivity index (χ1n) is 4.80. The molecule has 0 fully saturated rings. The molecule has 0 saturated heterocycles. The van der Waals surface area contributed by atoms with Crippen molar-refractivity contribution in [2.75, 3.05) is 12.4 Å². The van der Waals surface area contributed by atoms with Crippen molar-refractivity contribution in [1.29, 1.82) is 0 Å². The molecule has 2 aromatic rings. The summed E-state index contributed by atoms with van der Waals surface area (Å²) in [7, 11) is 1.58. The van der Waals surface area contributed by atoms with Crippen molar-refractivity contribution in [3.63, 3.8) is 0 Å². The third kappa shape index (κ3) is 2.42. The summed E-state index contributed by atoms with van der Waals surface area (Å²) in [5, 5.41) is 3.07. The summed E-state index contributed by atoms with van der Waals surface area (Å²) in [6.07, 6.45) is -4.65. The monoisotopic (exact) mass is 277 g/mol. The first-order valence-corrected chi connectivity index (χ1v) is 5.57. The second kappa shape index (κ2) is 4.52. The van der Waals surface area contributed by atoms with E-state index in [2.05, 4.69) is 14.7 Å². The number of benzene rings is 1. The molecule has 0 atom stereocenters. The summed E-state index contributed by atoms with van der Waals surface area (Å²) in [4.78, 5) is 3.88. The largest absolute Gasteiger partial charge is 0.417 e. The summed E-state index contributed by atoms with van der Waals surface area (Å²) in [5.41, 5.74) is -1.32. The summed E-state index contributed by atoms with van der Waals surface area (Å²) in [6, 6.07) is 2.42. The first kappa shape index (κ1) is 12.7. The molecule has 0 spiro atoms. The Kier molecular flexibility index (Phi) is 3.20. The maximum atomic E-state index is 12.9. The Morgan fingerprint density at radius 3 is 2.56 bits per heavy atom. The van der Waals surface area contributed by atoms with Crippen molar-refractivity contribution in [2.24, 2.45) is 0 Å². The molecule has 3 nitrogen and oxygen atoms in total. The molecule has 0 aliphatic carbocycles. The minimum atomic E-state index is -4.65. The van der Waals surface area contributed by atoms with Gasteiger partial charge in [-0.2, -0.15) is 22.5 Å². The van der Waals surface area contributed by atoms with Crippen LogP contribution in [0, 0.1) is 5.82 Å². The third-order valence-corrected chi connectivity index (χ3v) is 2.90. The SMILES string of the molecule is CNc1nc(-c2ccc(F)cc2C(F)(F)F)ns1. The van der Waals surface area contributed by atoms with Gasteiger partial charge in [-0.3, -0.25) is 0 Å². The number of aromatic nitrogens is 2.